The molecule has 0 unspecified atom stereocenters. The summed E-state index contributed by atoms with van der Waals surface area (Å²) in [6.07, 6.45) is 0.824. The zero-order valence-electron chi connectivity index (χ0n) is 16.6. The second-order valence-corrected chi connectivity index (χ2v) is 7.18. The summed E-state index contributed by atoms with van der Waals surface area (Å²) >= 11 is 0. The van der Waals surface area contributed by atoms with Gasteiger partial charge >= 0.3 is 0 Å². The number of methoxy groups -OCH3 is 1. The number of carbonyl (C=O) groups excluding carboxylic acids is 1. The van der Waals surface area contributed by atoms with Gasteiger partial charge in [-0.3, -0.25) is 9.59 Å². The maximum absolute atomic E-state index is 12.7. The van der Waals surface area contributed by atoms with Gasteiger partial charge in [-0.25, -0.2) is 4.68 Å². The van der Waals surface area contributed by atoms with Crippen molar-refractivity contribution in [3.05, 3.63) is 81.6 Å². The summed E-state index contributed by atoms with van der Waals surface area (Å²) in [6, 6.07) is 16.8. The molecule has 4 rings (SSSR count). The van der Waals surface area contributed by atoms with Crippen LogP contribution in [-0.2, 0) is 13.0 Å². The van der Waals surface area contributed by atoms with Crippen LogP contribution < -0.4 is 10.3 Å². The van der Waals surface area contributed by atoms with Gasteiger partial charge in [-0.05, 0) is 48.7 Å². The number of benzene rings is 2. The number of aromatic nitrogens is 2. The third-order valence-electron chi connectivity index (χ3n) is 5.27. The Morgan fingerprint density at radius 3 is 2.66 bits per heavy atom. The first-order valence-electron chi connectivity index (χ1n) is 9.67. The fourth-order valence-corrected chi connectivity index (χ4v) is 3.67. The van der Waals surface area contributed by atoms with Crippen molar-refractivity contribution in [3.8, 4) is 17.0 Å². The van der Waals surface area contributed by atoms with Crippen LogP contribution in [-0.4, -0.2) is 40.8 Å². The van der Waals surface area contributed by atoms with Crippen molar-refractivity contribution in [2.45, 2.75) is 19.9 Å². The van der Waals surface area contributed by atoms with Gasteiger partial charge in [0.15, 0.2) is 0 Å². The van der Waals surface area contributed by atoms with Crippen molar-refractivity contribution in [1.29, 1.82) is 0 Å². The van der Waals surface area contributed by atoms with Gasteiger partial charge in [0.25, 0.3) is 11.5 Å². The van der Waals surface area contributed by atoms with Crippen LogP contribution in [0.1, 0.15) is 21.5 Å². The first-order chi connectivity index (χ1) is 14.1. The van der Waals surface area contributed by atoms with E-state index in [9.17, 15) is 9.59 Å². The minimum Gasteiger partial charge on any atom is -0.496 e. The highest BCUT2D eigenvalue weighted by Crippen LogP contribution is 2.28. The van der Waals surface area contributed by atoms with Crippen LogP contribution in [0.3, 0.4) is 0 Å². The van der Waals surface area contributed by atoms with Crippen LogP contribution in [0.5, 0.6) is 5.75 Å². The van der Waals surface area contributed by atoms with Crippen LogP contribution in [0.4, 0.5) is 0 Å². The lowest BCUT2D eigenvalue weighted by molar-refractivity contribution is 0.0731. The molecule has 2 aromatic carbocycles. The van der Waals surface area contributed by atoms with Crippen LogP contribution in [0.2, 0.25) is 0 Å². The van der Waals surface area contributed by atoms with Crippen molar-refractivity contribution in [2.75, 3.05) is 20.2 Å². The zero-order chi connectivity index (χ0) is 20.4. The lowest BCUT2D eigenvalue weighted by Gasteiger charge is -2.28. The highest BCUT2D eigenvalue weighted by atomic mass is 16.5. The Balaban J connectivity index is 1.55. The molecule has 0 aliphatic carbocycles. The van der Waals surface area contributed by atoms with Crippen molar-refractivity contribution >= 4 is 5.91 Å². The lowest BCUT2D eigenvalue weighted by atomic mass is 9.99. The van der Waals surface area contributed by atoms with Gasteiger partial charge < -0.3 is 9.64 Å². The molecule has 0 radical (unpaired) electrons. The molecule has 1 aliphatic heterocycles. The summed E-state index contributed by atoms with van der Waals surface area (Å²) in [4.78, 5) is 26.8. The summed E-state index contributed by atoms with van der Waals surface area (Å²) in [5.74, 6) is 0.724. The van der Waals surface area contributed by atoms with Crippen LogP contribution in [0, 0.1) is 6.92 Å². The number of hydrogen-bond acceptors (Lipinski definition) is 4. The molecule has 1 amide bonds. The van der Waals surface area contributed by atoms with Crippen molar-refractivity contribution in [2.24, 2.45) is 0 Å². The maximum atomic E-state index is 12.7. The summed E-state index contributed by atoms with van der Waals surface area (Å²) in [6.45, 7) is 3.42. The van der Waals surface area contributed by atoms with Gasteiger partial charge in [0.05, 0.1) is 19.3 Å². The third-order valence-corrected chi connectivity index (χ3v) is 5.27. The summed E-state index contributed by atoms with van der Waals surface area (Å²) in [7, 11) is 1.62. The van der Waals surface area contributed by atoms with Gasteiger partial charge in [0.2, 0.25) is 0 Å². The van der Waals surface area contributed by atoms with E-state index in [0.29, 0.717) is 31.1 Å². The minimum absolute atomic E-state index is 0.0104. The number of amides is 1. The van der Waals surface area contributed by atoms with E-state index in [4.69, 9.17) is 4.74 Å². The number of carbonyl (C=O) groups is 1. The molecular formula is C23H23N3O3. The van der Waals surface area contributed by atoms with Crippen molar-refractivity contribution in [3.63, 3.8) is 0 Å². The van der Waals surface area contributed by atoms with E-state index >= 15 is 0 Å². The van der Waals surface area contributed by atoms with Crippen LogP contribution in [0.25, 0.3) is 11.3 Å². The molecule has 0 bridgehead atoms. The molecule has 0 fully saturated rings. The highest BCUT2D eigenvalue weighted by molar-refractivity contribution is 5.96. The van der Waals surface area contributed by atoms with E-state index in [-0.39, 0.29) is 11.5 Å². The molecule has 6 nitrogen and oxygen atoms in total. The number of nitrogens with zero attached hydrogens (tertiary/aromatic N) is 3. The van der Waals surface area contributed by atoms with Crippen molar-refractivity contribution < 1.29 is 9.53 Å². The van der Waals surface area contributed by atoms with E-state index in [0.717, 1.165) is 28.7 Å². The zero-order valence-corrected chi connectivity index (χ0v) is 16.6. The molecule has 29 heavy (non-hydrogen) atoms. The highest BCUT2D eigenvalue weighted by Gasteiger charge is 2.23. The lowest BCUT2D eigenvalue weighted by Crippen LogP contribution is -2.40. The quantitative estimate of drug-likeness (QED) is 0.673. The van der Waals surface area contributed by atoms with Gasteiger partial charge in [-0.2, -0.15) is 5.10 Å². The van der Waals surface area contributed by atoms with E-state index in [1.165, 1.54) is 10.7 Å². The molecule has 148 valence electrons. The first kappa shape index (κ1) is 18.9. The van der Waals surface area contributed by atoms with Crippen LogP contribution in [0.15, 0.2) is 59.4 Å². The Labute approximate surface area is 169 Å². The largest absolute Gasteiger partial charge is 0.496 e. The predicted molar refractivity (Wildman–Crippen MR) is 111 cm³/mol. The number of rotatable bonds is 5. The fraction of sp³-hybridized carbons (Fsp3) is 0.261. The summed E-state index contributed by atoms with van der Waals surface area (Å²) < 4.78 is 6.89. The van der Waals surface area contributed by atoms with Gasteiger partial charge in [-0.1, -0.05) is 24.3 Å². The Hall–Kier alpha value is -3.41. The second kappa shape index (κ2) is 7.91. The number of fused-ring (bicyclic) bond motifs is 1. The smallest absolute Gasteiger partial charge is 0.266 e. The number of aryl methyl sites for hydroxylation is 1. The van der Waals surface area contributed by atoms with E-state index in [1.807, 2.05) is 49.4 Å². The Morgan fingerprint density at radius 1 is 1.00 bits per heavy atom. The van der Waals surface area contributed by atoms with E-state index in [1.54, 1.807) is 18.1 Å². The topological polar surface area (TPSA) is 64.4 Å². The Morgan fingerprint density at radius 2 is 1.83 bits per heavy atom. The first-order valence-corrected chi connectivity index (χ1v) is 9.67. The predicted octanol–water partition coefficient (Wildman–Crippen LogP) is 2.93. The number of hydrogen-bond donors (Lipinski definition) is 0. The average Bonchev–Trinajstić information content (AvgIpc) is 2.74. The third kappa shape index (κ3) is 3.78. The SMILES string of the molecule is COc1cc(C)ccc1-c1ccc(=O)n(CCN2CCc3ccccc3C2=O)n1. The fourth-order valence-electron chi connectivity index (χ4n) is 3.67. The van der Waals surface area contributed by atoms with E-state index < -0.39 is 0 Å². The molecule has 1 aromatic heterocycles. The average molecular weight is 389 g/mol. The Bertz CT molecular complexity index is 1120. The van der Waals surface area contributed by atoms with Crippen molar-refractivity contribution in [1.82, 2.24) is 14.7 Å². The summed E-state index contributed by atoms with van der Waals surface area (Å²) in [5, 5.41) is 4.52. The van der Waals surface area contributed by atoms with E-state index in [2.05, 4.69) is 5.10 Å². The molecule has 6 heteroatoms. The Kier molecular flexibility index (Phi) is 5.16. The van der Waals surface area contributed by atoms with Gasteiger partial charge in [0.1, 0.15) is 5.75 Å². The molecule has 0 saturated heterocycles. The molecule has 0 N–H and O–H groups in total. The molecular weight excluding hydrogens is 366 g/mol. The van der Waals surface area contributed by atoms with Gasteiger partial charge in [0, 0.05) is 30.3 Å². The maximum Gasteiger partial charge on any atom is 0.266 e. The molecule has 2 heterocycles. The molecule has 0 atom stereocenters. The normalized spacial score (nSPS) is 13.3. The summed E-state index contributed by atoms with van der Waals surface area (Å²) in [5.41, 5.74) is 4.22. The monoisotopic (exact) mass is 389 g/mol. The molecule has 0 spiro atoms. The standard InChI is InChI=1S/C23H23N3O3/c1-16-7-8-19(21(15-16)29-2)20-9-10-22(27)26(24-20)14-13-25-12-11-17-5-3-4-6-18(17)23(25)28/h3-10,15H,11-14H2,1-2H3. The number of ether oxygens (including phenoxy) is 1. The molecule has 1 aliphatic rings. The van der Waals surface area contributed by atoms with Crippen LogP contribution >= 0.6 is 0 Å². The minimum atomic E-state index is -0.190. The molecule has 3 aromatic rings. The molecule has 0 saturated carbocycles. The second-order valence-electron chi connectivity index (χ2n) is 7.18. The van der Waals surface area contributed by atoms with Gasteiger partial charge in [-0.15, -0.1) is 0 Å².